The number of para-hydroxylation sites is 1. The second-order valence-corrected chi connectivity index (χ2v) is 8.25. The number of aryl methyl sites for hydroxylation is 1. The molecule has 0 heterocycles. The molecule has 0 spiro atoms. The topological polar surface area (TPSA) is 46.2 Å². The summed E-state index contributed by atoms with van der Waals surface area (Å²) in [6.07, 6.45) is 2.03. The highest BCUT2D eigenvalue weighted by Crippen LogP contribution is 2.30. The van der Waals surface area contributed by atoms with Crippen LogP contribution < -0.4 is 4.72 Å². The van der Waals surface area contributed by atoms with E-state index in [1.165, 1.54) is 4.90 Å². The van der Waals surface area contributed by atoms with Gasteiger partial charge in [0.15, 0.2) is 0 Å². The van der Waals surface area contributed by atoms with Gasteiger partial charge in [0.2, 0.25) is 0 Å². The van der Waals surface area contributed by atoms with Crippen molar-refractivity contribution in [2.24, 2.45) is 0 Å². The van der Waals surface area contributed by atoms with E-state index in [9.17, 15) is 8.42 Å². The second kappa shape index (κ2) is 7.33. The average Bonchev–Trinajstić information content (AvgIpc) is 2.62. The van der Waals surface area contributed by atoms with E-state index in [1.54, 1.807) is 42.1 Å². The van der Waals surface area contributed by atoms with E-state index >= 15 is 0 Å². The van der Waals surface area contributed by atoms with Crippen molar-refractivity contribution < 1.29 is 8.42 Å². The van der Waals surface area contributed by atoms with Crippen LogP contribution in [0.25, 0.3) is 11.1 Å². The van der Waals surface area contributed by atoms with Gasteiger partial charge in [0.25, 0.3) is 10.0 Å². The van der Waals surface area contributed by atoms with Gasteiger partial charge in [0, 0.05) is 10.5 Å². The van der Waals surface area contributed by atoms with Gasteiger partial charge in [-0.2, -0.15) is 0 Å². The van der Waals surface area contributed by atoms with Crippen LogP contribution in [0.3, 0.4) is 0 Å². The molecule has 0 saturated heterocycles. The summed E-state index contributed by atoms with van der Waals surface area (Å²) in [5.41, 5.74) is 3.42. The van der Waals surface area contributed by atoms with Crippen molar-refractivity contribution in [3.05, 3.63) is 78.4 Å². The molecule has 25 heavy (non-hydrogen) atoms. The molecule has 128 valence electrons. The lowest BCUT2D eigenvalue weighted by molar-refractivity contribution is 0.601. The summed E-state index contributed by atoms with van der Waals surface area (Å²) >= 11 is 1.67. The van der Waals surface area contributed by atoms with Gasteiger partial charge in [0.05, 0.1) is 10.6 Å². The molecule has 3 rings (SSSR count). The fraction of sp³-hybridized carbons (Fsp3) is 0.100. The normalized spacial score (nSPS) is 11.3. The van der Waals surface area contributed by atoms with Crippen molar-refractivity contribution in [1.29, 1.82) is 0 Å². The van der Waals surface area contributed by atoms with Crippen molar-refractivity contribution in [3.8, 4) is 11.1 Å². The van der Waals surface area contributed by atoms with Gasteiger partial charge in [-0.15, -0.1) is 11.8 Å². The van der Waals surface area contributed by atoms with Crippen LogP contribution in [0.4, 0.5) is 5.69 Å². The summed E-state index contributed by atoms with van der Waals surface area (Å²) in [6, 6.07) is 22.3. The summed E-state index contributed by atoms with van der Waals surface area (Å²) in [7, 11) is -3.63. The molecular weight excluding hydrogens is 350 g/mol. The van der Waals surface area contributed by atoms with E-state index in [0.717, 1.165) is 16.7 Å². The third kappa shape index (κ3) is 4.06. The van der Waals surface area contributed by atoms with E-state index in [-0.39, 0.29) is 4.90 Å². The molecular formula is C20H19NO2S2. The number of benzene rings is 3. The predicted molar refractivity (Wildman–Crippen MR) is 106 cm³/mol. The first-order valence-electron chi connectivity index (χ1n) is 7.82. The van der Waals surface area contributed by atoms with Crippen molar-refractivity contribution >= 4 is 27.5 Å². The Labute approximate surface area is 153 Å². The van der Waals surface area contributed by atoms with E-state index in [1.807, 2.05) is 55.6 Å². The number of anilines is 1. The first-order valence-corrected chi connectivity index (χ1v) is 10.5. The number of sulfonamides is 1. The Balaban J connectivity index is 1.96. The Morgan fingerprint density at radius 2 is 1.48 bits per heavy atom. The van der Waals surface area contributed by atoms with E-state index < -0.39 is 10.0 Å². The van der Waals surface area contributed by atoms with Crippen LogP contribution >= 0.6 is 11.8 Å². The van der Waals surface area contributed by atoms with Crippen LogP contribution in [-0.2, 0) is 10.0 Å². The maximum atomic E-state index is 12.7. The van der Waals surface area contributed by atoms with E-state index in [4.69, 9.17) is 0 Å². The Hall–Kier alpha value is -2.24. The molecule has 5 heteroatoms. The van der Waals surface area contributed by atoms with Crippen LogP contribution in [-0.4, -0.2) is 14.7 Å². The van der Waals surface area contributed by atoms with Crippen LogP contribution in [0.5, 0.6) is 0 Å². The van der Waals surface area contributed by atoms with Crippen molar-refractivity contribution in [2.75, 3.05) is 11.0 Å². The molecule has 0 aliphatic rings. The summed E-state index contributed by atoms with van der Waals surface area (Å²) in [5.74, 6) is 0. The van der Waals surface area contributed by atoms with Crippen molar-refractivity contribution in [3.63, 3.8) is 0 Å². The van der Waals surface area contributed by atoms with Gasteiger partial charge in [-0.25, -0.2) is 8.42 Å². The summed E-state index contributed by atoms with van der Waals surface area (Å²) < 4.78 is 28.1. The van der Waals surface area contributed by atoms with Crippen LogP contribution in [0.2, 0.25) is 0 Å². The smallest absolute Gasteiger partial charge is 0.261 e. The van der Waals surface area contributed by atoms with Crippen molar-refractivity contribution in [1.82, 2.24) is 0 Å². The molecule has 0 fully saturated rings. The molecule has 0 radical (unpaired) electrons. The fourth-order valence-corrected chi connectivity index (χ4v) is 4.00. The number of nitrogens with one attached hydrogen (secondary N) is 1. The van der Waals surface area contributed by atoms with Gasteiger partial charge >= 0.3 is 0 Å². The molecule has 0 aromatic heterocycles. The minimum absolute atomic E-state index is 0.255. The van der Waals surface area contributed by atoms with Gasteiger partial charge < -0.3 is 0 Å². The lowest BCUT2D eigenvalue weighted by atomic mass is 10.0. The highest BCUT2D eigenvalue weighted by atomic mass is 32.2. The second-order valence-electron chi connectivity index (χ2n) is 5.69. The van der Waals surface area contributed by atoms with E-state index in [0.29, 0.717) is 5.69 Å². The van der Waals surface area contributed by atoms with E-state index in [2.05, 4.69) is 4.72 Å². The van der Waals surface area contributed by atoms with Crippen LogP contribution in [0.1, 0.15) is 5.56 Å². The minimum atomic E-state index is -3.63. The Kier molecular flexibility index (Phi) is 5.16. The van der Waals surface area contributed by atoms with Crippen LogP contribution in [0.15, 0.2) is 82.6 Å². The summed E-state index contributed by atoms with van der Waals surface area (Å²) in [4.78, 5) is 1.42. The monoisotopic (exact) mass is 369 g/mol. The third-order valence-corrected chi connectivity index (χ3v) is 6.03. The Morgan fingerprint density at radius 3 is 2.12 bits per heavy atom. The molecule has 3 aromatic carbocycles. The fourth-order valence-electron chi connectivity index (χ4n) is 2.52. The third-order valence-electron chi connectivity index (χ3n) is 3.90. The number of hydrogen-bond acceptors (Lipinski definition) is 3. The maximum absolute atomic E-state index is 12.7. The number of thioether (sulfide) groups is 1. The molecule has 0 amide bonds. The zero-order valence-corrected chi connectivity index (χ0v) is 15.7. The quantitative estimate of drug-likeness (QED) is 0.630. The highest BCUT2D eigenvalue weighted by molar-refractivity contribution is 7.98. The Morgan fingerprint density at radius 1 is 0.840 bits per heavy atom. The summed E-state index contributed by atoms with van der Waals surface area (Å²) in [5, 5.41) is 0. The SMILES string of the molecule is CSc1ccc(-c2ccccc2NS(=O)(=O)c2ccc(C)cc2)cc1. The van der Waals surface area contributed by atoms with Gasteiger partial charge in [0.1, 0.15) is 0 Å². The maximum Gasteiger partial charge on any atom is 0.261 e. The number of rotatable bonds is 5. The minimum Gasteiger partial charge on any atom is -0.279 e. The summed E-state index contributed by atoms with van der Waals surface area (Å²) in [6.45, 7) is 1.93. The lowest BCUT2D eigenvalue weighted by Gasteiger charge is -2.13. The molecule has 0 aliphatic heterocycles. The molecule has 3 aromatic rings. The first kappa shape index (κ1) is 17.6. The molecule has 1 N–H and O–H groups in total. The van der Waals surface area contributed by atoms with Crippen LogP contribution in [0, 0.1) is 6.92 Å². The molecule has 0 atom stereocenters. The molecule has 0 bridgehead atoms. The molecule has 0 saturated carbocycles. The van der Waals surface area contributed by atoms with Crippen molar-refractivity contribution in [2.45, 2.75) is 16.7 Å². The lowest BCUT2D eigenvalue weighted by Crippen LogP contribution is -2.13. The van der Waals surface area contributed by atoms with Gasteiger partial charge in [-0.1, -0.05) is 48.0 Å². The molecule has 0 unspecified atom stereocenters. The molecule has 0 aliphatic carbocycles. The molecule has 3 nitrogen and oxygen atoms in total. The highest BCUT2D eigenvalue weighted by Gasteiger charge is 2.16. The largest absolute Gasteiger partial charge is 0.279 e. The average molecular weight is 370 g/mol. The predicted octanol–water partition coefficient (Wildman–Crippen LogP) is 5.18. The standard InChI is InChI=1S/C20H19NO2S2/c1-15-7-13-18(14-8-15)25(22,23)21-20-6-4-3-5-19(20)16-9-11-17(24-2)12-10-16/h3-14,21H,1-2H3. The number of hydrogen-bond donors (Lipinski definition) is 1. The zero-order valence-electron chi connectivity index (χ0n) is 14.1. The van der Waals surface area contributed by atoms with Gasteiger partial charge in [-0.05, 0) is 49.1 Å². The Bertz CT molecular complexity index is 963. The zero-order chi connectivity index (χ0) is 17.9. The first-order chi connectivity index (χ1) is 12.0. The van der Waals surface area contributed by atoms with Gasteiger partial charge in [-0.3, -0.25) is 4.72 Å².